The highest BCUT2D eigenvalue weighted by Crippen LogP contribution is 2.44. The maximum Gasteiger partial charge on any atom is 0.270 e. The number of hydrogen-bond donors (Lipinski definition) is 1. The van der Waals surface area contributed by atoms with Gasteiger partial charge in [-0.25, -0.2) is 0 Å². The molecule has 0 aliphatic heterocycles. The lowest BCUT2D eigenvalue weighted by Gasteiger charge is -2.15. The largest absolute Gasteiger partial charge is 0.504 e. The van der Waals surface area contributed by atoms with Gasteiger partial charge in [0.2, 0.25) is 0 Å². The number of benzene rings is 2. The standard InChI is InChI=1S/C21H18N2O6/c1-3-4-7-22-19-13-10-17(29-2)16(24)9-14(13)20(25)18(19)12-6-5-11(23(27)28)8-15(12)21(22)26/h5-6,8-10,24H,3-4,7H2,1-2H3. The number of pyridine rings is 1. The monoisotopic (exact) mass is 394 g/mol. The van der Waals surface area contributed by atoms with Crippen molar-refractivity contribution in [2.75, 3.05) is 7.11 Å². The van der Waals surface area contributed by atoms with Crippen LogP contribution in [0.2, 0.25) is 0 Å². The lowest BCUT2D eigenvalue weighted by atomic mass is 10.0. The van der Waals surface area contributed by atoms with Crippen molar-refractivity contribution in [3.8, 4) is 22.8 Å². The lowest BCUT2D eigenvalue weighted by molar-refractivity contribution is -0.384. The maximum atomic E-state index is 13.3. The fourth-order valence-corrected chi connectivity index (χ4v) is 3.84. The summed E-state index contributed by atoms with van der Waals surface area (Å²) < 4.78 is 6.68. The quantitative estimate of drug-likeness (QED) is 0.409. The first-order valence-corrected chi connectivity index (χ1v) is 9.20. The van der Waals surface area contributed by atoms with Gasteiger partial charge in [0.15, 0.2) is 17.3 Å². The van der Waals surface area contributed by atoms with Gasteiger partial charge in [0.1, 0.15) is 0 Å². The Labute approximate surface area is 165 Å². The van der Waals surface area contributed by atoms with Crippen LogP contribution in [0.4, 0.5) is 5.69 Å². The number of carbonyl (C=O) groups is 1. The summed E-state index contributed by atoms with van der Waals surface area (Å²) in [7, 11) is 1.41. The predicted octanol–water partition coefficient (Wildman–Crippen LogP) is 3.64. The summed E-state index contributed by atoms with van der Waals surface area (Å²) in [4.78, 5) is 37.1. The highest BCUT2D eigenvalue weighted by molar-refractivity contribution is 6.27. The molecule has 8 heteroatoms. The van der Waals surface area contributed by atoms with E-state index in [4.69, 9.17) is 4.74 Å². The smallest absolute Gasteiger partial charge is 0.270 e. The Morgan fingerprint density at radius 1 is 1.14 bits per heavy atom. The molecule has 0 radical (unpaired) electrons. The second-order valence-corrected chi connectivity index (χ2v) is 6.92. The van der Waals surface area contributed by atoms with Crippen LogP contribution >= 0.6 is 0 Å². The van der Waals surface area contributed by atoms with Crippen LogP contribution in [0.1, 0.15) is 35.7 Å². The van der Waals surface area contributed by atoms with Crippen molar-refractivity contribution in [2.45, 2.75) is 26.3 Å². The number of fused-ring (bicyclic) bond motifs is 5. The van der Waals surface area contributed by atoms with Gasteiger partial charge >= 0.3 is 0 Å². The molecule has 0 unspecified atom stereocenters. The molecule has 1 heterocycles. The SMILES string of the molecule is CCCCn1c2c(c3ccc([N+](=O)[O-])cc3c1=O)C(=O)c1cc(O)c(OC)cc1-2. The molecule has 1 aliphatic carbocycles. The summed E-state index contributed by atoms with van der Waals surface area (Å²) in [6.45, 7) is 2.35. The van der Waals surface area contributed by atoms with Crippen molar-refractivity contribution in [3.63, 3.8) is 0 Å². The number of nitrogens with zero attached hydrogens (tertiary/aromatic N) is 2. The summed E-state index contributed by atoms with van der Waals surface area (Å²) in [6, 6.07) is 6.83. The van der Waals surface area contributed by atoms with E-state index in [-0.39, 0.29) is 39.5 Å². The molecule has 4 rings (SSSR count). The number of phenolic OH excluding ortho intramolecular Hbond substituents is 1. The zero-order valence-corrected chi connectivity index (χ0v) is 15.9. The summed E-state index contributed by atoms with van der Waals surface area (Å²) in [5.41, 5.74) is 0.959. The molecule has 0 saturated carbocycles. The first-order chi connectivity index (χ1) is 13.9. The molecule has 1 N–H and O–H groups in total. The molecule has 1 aliphatic rings. The van der Waals surface area contributed by atoms with E-state index in [1.54, 1.807) is 6.07 Å². The van der Waals surface area contributed by atoms with Crippen molar-refractivity contribution in [1.82, 2.24) is 4.57 Å². The number of ether oxygens (including phenoxy) is 1. The van der Waals surface area contributed by atoms with E-state index in [1.165, 1.54) is 35.9 Å². The minimum absolute atomic E-state index is 0.131. The van der Waals surface area contributed by atoms with Gasteiger partial charge in [-0.15, -0.1) is 0 Å². The van der Waals surface area contributed by atoms with E-state index in [0.717, 1.165) is 6.42 Å². The van der Waals surface area contributed by atoms with E-state index < -0.39 is 4.92 Å². The minimum Gasteiger partial charge on any atom is -0.504 e. The van der Waals surface area contributed by atoms with Crippen LogP contribution < -0.4 is 10.3 Å². The Morgan fingerprint density at radius 2 is 1.90 bits per heavy atom. The molecule has 0 fully saturated rings. The molecule has 1 aromatic heterocycles. The topological polar surface area (TPSA) is 112 Å². The number of carbonyl (C=O) groups excluding carboxylic acids is 1. The first-order valence-electron chi connectivity index (χ1n) is 9.20. The van der Waals surface area contributed by atoms with Gasteiger partial charge in [-0.1, -0.05) is 13.3 Å². The van der Waals surface area contributed by atoms with Crippen LogP contribution in [0.15, 0.2) is 35.1 Å². The van der Waals surface area contributed by atoms with Crippen molar-refractivity contribution in [1.29, 1.82) is 0 Å². The van der Waals surface area contributed by atoms with Gasteiger partial charge < -0.3 is 14.4 Å². The van der Waals surface area contributed by atoms with Crippen LogP contribution in [0.3, 0.4) is 0 Å². The number of aromatic hydroxyl groups is 1. The Morgan fingerprint density at radius 3 is 2.55 bits per heavy atom. The molecule has 0 bridgehead atoms. The van der Waals surface area contributed by atoms with Crippen LogP contribution in [0.5, 0.6) is 11.5 Å². The van der Waals surface area contributed by atoms with Crippen LogP contribution in [-0.4, -0.2) is 27.5 Å². The number of hydrogen-bond acceptors (Lipinski definition) is 6. The molecule has 3 aromatic rings. The van der Waals surface area contributed by atoms with Crippen LogP contribution in [0, 0.1) is 10.1 Å². The van der Waals surface area contributed by atoms with Gasteiger partial charge in [-0.3, -0.25) is 19.7 Å². The van der Waals surface area contributed by atoms with E-state index in [2.05, 4.69) is 0 Å². The fraction of sp³-hybridized carbons (Fsp3) is 0.238. The second-order valence-electron chi connectivity index (χ2n) is 6.92. The molecule has 8 nitrogen and oxygen atoms in total. The van der Waals surface area contributed by atoms with Crippen LogP contribution in [0.25, 0.3) is 22.0 Å². The Bertz CT molecular complexity index is 1260. The average molecular weight is 394 g/mol. The zero-order valence-electron chi connectivity index (χ0n) is 15.9. The molecule has 0 amide bonds. The second kappa shape index (κ2) is 6.73. The third-order valence-electron chi connectivity index (χ3n) is 5.25. The van der Waals surface area contributed by atoms with Crippen LogP contribution in [-0.2, 0) is 6.54 Å². The number of aromatic nitrogens is 1. The molecular weight excluding hydrogens is 376 g/mol. The minimum atomic E-state index is -0.567. The molecule has 29 heavy (non-hydrogen) atoms. The fourth-order valence-electron chi connectivity index (χ4n) is 3.84. The number of phenols is 1. The molecular formula is C21H18N2O6. The maximum absolute atomic E-state index is 13.3. The first kappa shape index (κ1) is 18.7. The molecule has 148 valence electrons. The highest BCUT2D eigenvalue weighted by Gasteiger charge is 2.34. The van der Waals surface area contributed by atoms with E-state index in [1.807, 2.05) is 6.92 Å². The zero-order chi connectivity index (χ0) is 20.9. The lowest BCUT2D eigenvalue weighted by Crippen LogP contribution is -2.23. The Hall–Kier alpha value is -3.68. The van der Waals surface area contributed by atoms with E-state index in [9.17, 15) is 24.8 Å². The summed E-state index contributed by atoms with van der Waals surface area (Å²) in [6.07, 6.45) is 1.53. The van der Waals surface area contributed by atoms with Gasteiger partial charge in [-0.05, 0) is 24.6 Å². The summed E-state index contributed by atoms with van der Waals surface area (Å²) in [5, 5.41) is 21.8. The third-order valence-corrected chi connectivity index (χ3v) is 5.25. The number of methoxy groups -OCH3 is 1. The van der Waals surface area contributed by atoms with Gasteiger partial charge in [0, 0.05) is 35.2 Å². The molecule has 0 atom stereocenters. The number of ketones is 1. The van der Waals surface area contributed by atoms with Crippen molar-refractivity contribution in [2.24, 2.45) is 0 Å². The molecule has 0 spiro atoms. The number of non-ortho nitro benzene ring substituents is 1. The number of rotatable bonds is 5. The highest BCUT2D eigenvalue weighted by atomic mass is 16.6. The third kappa shape index (κ3) is 2.67. The van der Waals surface area contributed by atoms with E-state index >= 15 is 0 Å². The average Bonchev–Trinajstić information content (AvgIpc) is 2.98. The van der Waals surface area contributed by atoms with Crippen molar-refractivity contribution >= 4 is 22.2 Å². The number of nitro benzene ring substituents is 1. The van der Waals surface area contributed by atoms with Gasteiger partial charge in [0.25, 0.3) is 11.2 Å². The van der Waals surface area contributed by atoms with E-state index in [0.29, 0.717) is 35.2 Å². The van der Waals surface area contributed by atoms with Gasteiger partial charge in [-0.2, -0.15) is 0 Å². The van der Waals surface area contributed by atoms with Crippen molar-refractivity contribution in [3.05, 3.63) is 61.9 Å². The normalized spacial score (nSPS) is 12.1. The predicted molar refractivity (Wildman–Crippen MR) is 107 cm³/mol. The summed E-state index contributed by atoms with van der Waals surface area (Å²) in [5.74, 6) is -0.311. The number of unbranched alkanes of at least 4 members (excludes halogenated alkanes) is 1. The molecule has 2 aromatic carbocycles. The Balaban J connectivity index is 2.14. The summed E-state index contributed by atoms with van der Waals surface area (Å²) >= 11 is 0. The number of nitro groups is 1. The van der Waals surface area contributed by atoms with Crippen molar-refractivity contribution < 1.29 is 19.6 Å². The van der Waals surface area contributed by atoms with Gasteiger partial charge in [0.05, 0.1) is 28.7 Å². The Kier molecular flexibility index (Phi) is 4.34. The molecule has 0 saturated heterocycles.